The number of nitrogens with zero attached hydrogens (tertiary/aromatic N) is 3. The average molecular weight is 381 g/mol. The second-order valence-electron chi connectivity index (χ2n) is 7.90. The van der Waals surface area contributed by atoms with Crippen LogP contribution in [0.1, 0.15) is 31.0 Å². The van der Waals surface area contributed by atoms with Crippen LogP contribution >= 0.6 is 0 Å². The highest BCUT2D eigenvalue weighted by atomic mass is 19.1. The first-order valence-electron chi connectivity index (χ1n) is 9.91. The molecule has 2 fully saturated rings. The summed E-state index contributed by atoms with van der Waals surface area (Å²) >= 11 is 0. The fourth-order valence-electron chi connectivity index (χ4n) is 4.38. The van der Waals surface area contributed by atoms with Gasteiger partial charge in [-0.2, -0.15) is 5.10 Å². The highest BCUT2D eigenvalue weighted by Gasteiger charge is 2.48. The van der Waals surface area contributed by atoms with Crippen molar-refractivity contribution < 1.29 is 9.50 Å². The van der Waals surface area contributed by atoms with E-state index in [4.69, 9.17) is 0 Å². The van der Waals surface area contributed by atoms with E-state index in [0.717, 1.165) is 55.3 Å². The summed E-state index contributed by atoms with van der Waals surface area (Å²) in [7, 11) is 0. The molecular formula is C21H24FN5O. The molecule has 0 unspecified atom stereocenters. The number of phenols is 1. The van der Waals surface area contributed by atoms with Crippen LogP contribution in [0.4, 0.5) is 4.39 Å². The van der Waals surface area contributed by atoms with Crippen LogP contribution in [0.15, 0.2) is 24.3 Å². The minimum atomic E-state index is -0.478. The summed E-state index contributed by atoms with van der Waals surface area (Å²) in [6, 6.07) is 6.18. The number of aromatic hydroxyl groups is 1. The minimum Gasteiger partial charge on any atom is -0.508 e. The van der Waals surface area contributed by atoms with Crippen molar-refractivity contribution in [1.29, 1.82) is 0 Å². The molecule has 1 aliphatic heterocycles. The molecule has 0 atom stereocenters. The third-order valence-corrected chi connectivity index (χ3v) is 6.12. The van der Waals surface area contributed by atoms with Gasteiger partial charge in [-0.05, 0) is 43.0 Å². The van der Waals surface area contributed by atoms with Crippen LogP contribution in [0.5, 0.6) is 5.75 Å². The molecule has 7 heteroatoms. The van der Waals surface area contributed by atoms with Gasteiger partial charge in [0.25, 0.3) is 0 Å². The first-order chi connectivity index (χ1) is 13.6. The highest BCUT2D eigenvalue weighted by molar-refractivity contribution is 5.85. The number of H-pyrrole nitrogens is 1. The van der Waals surface area contributed by atoms with Gasteiger partial charge in [0.15, 0.2) is 5.65 Å². The zero-order valence-corrected chi connectivity index (χ0v) is 15.9. The van der Waals surface area contributed by atoms with Crippen LogP contribution in [0, 0.1) is 5.82 Å². The van der Waals surface area contributed by atoms with Crippen molar-refractivity contribution >= 4 is 11.0 Å². The van der Waals surface area contributed by atoms with Crippen LogP contribution in [-0.4, -0.2) is 50.4 Å². The van der Waals surface area contributed by atoms with Crippen LogP contribution in [0.25, 0.3) is 22.3 Å². The zero-order chi connectivity index (χ0) is 19.3. The Bertz CT molecular complexity index is 1040. The van der Waals surface area contributed by atoms with E-state index in [2.05, 4.69) is 32.3 Å². The quantitative estimate of drug-likeness (QED) is 0.648. The number of nitrogens with one attached hydrogen (secondary N) is 2. The molecule has 0 bridgehead atoms. The van der Waals surface area contributed by atoms with Gasteiger partial charge in [-0.3, -0.25) is 10.00 Å². The zero-order valence-electron chi connectivity index (χ0n) is 15.9. The van der Waals surface area contributed by atoms with Crippen molar-refractivity contribution in [3.63, 3.8) is 0 Å². The van der Waals surface area contributed by atoms with Crippen molar-refractivity contribution in [2.75, 3.05) is 19.6 Å². The number of aryl methyl sites for hydroxylation is 1. The van der Waals surface area contributed by atoms with Gasteiger partial charge in [-0.25, -0.2) is 9.37 Å². The highest BCUT2D eigenvalue weighted by Crippen LogP contribution is 2.43. The summed E-state index contributed by atoms with van der Waals surface area (Å²) in [6.07, 6.45) is 3.26. The Morgan fingerprint density at radius 1 is 1.29 bits per heavy atom. The number of fused-ring (bicyclic) bond motifs is 1. The number of pyridine rings is 1. The van der Waals surface area contributed by atoms with E-state index in [1.165, 1.54) is 18.9 Å². The Kier molecular flexibility index (Phi) is 4.10. The molecular weight excluding hydrogens is 357 g/mol. The summed E-state index contributed by atoms with van der Waals surface area (Å²) in [5.74, 6) is -0.567. The van der Waals surface area contributed by atoms with Gasteiger partial charge in [-0.1, -0.05) is 6.92 Å². The fourth-order valence-corrected chi connectivity index (χ4v) is 4.38. The molecule has 6 nitrogen and oxygen atoms in total. The molecule has 1 saturated heterocycles. The predicted octanol–water partition coefficient (Wildman–Crippen LogP) is 2.97. The molecule has 2 aromatic heterocycles. The number of piperazine rings is 1. The predicted molar refractivity (Wildman–Crippen MR) is 106 cm³/mol. The monoisotopic (exact) mass is 381 g/mol. The average Bonchev–Trinajstić information content (AvgIpc) is 3.32. The second kappa shape index (κ2) is 6.53. The lowest BCUT2D eigenvalue weighted by Gasteiger charge is -2.37. The van der Waals surface area contributed by atoms with Crippen molar-refractivity contribution in [1.82, 2.24) is 25.4 Å². The smallest absolute Gasteiger partial charge is 0.156 e. The molecule has 1 aliphatic carbocycles. The number of hydrogen-bond acceptors (Lipinski definition) is 5. The Balaban J connectivity index is 1.62. The molecule has 146 valence electrons. The molecule has 5 rings (SSSR count). The first kappa shape index (κ1) is 17.6. The molecule has 1 spiro atoms. The van der Waals surface area contributed by atoms with Crippen LogP contribution in [0.2, 0.25) is 0 Å². The van der Waals surface area contributed by atoms with Gasteiger partial charge in [0.05, 0.1) is 11.4 Å². The molecule has 1 aromatic carbocycles. The van der Waals surface area contributed by atoms with E-state index < -0.39 is 5.82 Å². The SMILES string of the molecule is CCc1n[nH]c2nc(-c3ccc(O)cc3F)cc(CN3CCNCC34CC4)c12. The molecule has 1 saturated carbocycles. The number of hydrogen-bond donors (Lipinski definition) is 3. The topological polar surface area (TPSA) is 77.1 Å². The Morgan fingerprint density at radius 2 is 2.14 bits per heavy atom. The maximum Gasteiger partial charge on any atom is 0.156 e. The van der Waals surface area contributed by atoms with Gasteiger partial charge in [0.1, 0.15) is 11.6 Å². The molecule has 3 heterocycles. The van der Waals surface area contributed by atoms with E-state index in [1.54, 1.807) is 6.07 Å². The van der Waals surface area contributed by atoms with E-state index in [1.807, 2.05) is 6.07 Å². The third-order valence-electron chi connectivity index (χ3n) is 6.12. The summed E-state index contributed by atoms with van der Waals surface area (Å²) in [5, 5.41) is 21.6. The van der Waals surface area contributed by atoms with Gasteiger partial charge in [-0.15, -0.1) is 0 Å². The largest absolute Gasteiger partial charge is 0.508 e. The minimum absolute atomic E-state index is 0.0890. The van der Waals surface area contributed by atoms with Crippen LogP contribution in [-0.2, 0) is 13.0 Å². The summed E-state index contributed by atoms with van der Waals surface area (Å²) in [5.41, 5.74) is 4.04. The lowest BCUT2D eigenvalue weighted by atomic mass is 10.0. The van der Waals surface area contributed by atoms with Gasteiger partial charge >= 0.3 is 0 Å². The molecule has 28 heavy (non-hydrogen) atoms. The van der Waals surface area contributed by atoms with Gasteiger partial charge in [0.2, 0.25) is 0 Å². The van der Waals surface area contributed by atoms with Crippen molar-refractivity contribution in [2.45, 2.75) is 38.3 Å². The van der Waals surface area contributed by atoms with E-state index >= 15 is 0 Å². The molecule has 2 aliphatic rings. The van der Waals surface area contributed by atoms with Gasteiger partial charge < -0.3 is 10.4 Å². The van der Waals surface area contributed by atoms with Crippen LogP contribution in [0.3, 0.4) is 0 Å². The van der Waals surface area contributed by atoms with Crippen molar-refractivity contribution in [3.05, 3.63) is 41.3 Å². The fraction of sp³-hybridized carbons (Fsp3) is 0.429. The maximum absolute atomic E-state index is 14.5. The summed E-state index contributed by atoms with van der Waals surface area (Å²) in [6.45, 7) is 5.92. The Hall–Kier alpha value is -2.51. The number of halogens is 1. The maximum atomic E-state index is 14.5. The van der Waals surface area contributed by atoms with E-state index in [9.17, 15) is 9.50 Å². The molecule has 3 N–H and O–H groups in total. The normalized spacial score (nSPS) is 18.8. The van der Waals surface area contributed by atoms with E-state index in [-0.39, 0.29) is 11.3 Å². The Morgan fingerprint density at radius 3 is 2.89 bits per heavy atom. The van der Waals surface area contributed by atoms with Gasteiger partial charge in [0, 0.05) is 48.7 Å². The lowest BCUT2D eigenvalue weighted by molar-refractivity contribution is 0.135. The standard InChI is InChI=1S/C21H24FN5O/c1-2-17-19-13(11-27-8-7-23-12-21(27)5-6-21)9-18(24-20(19)26-25-17)15-4-3-14(28)10-16(15)22/h3-4,9-10,23,28H,2,5-8,11-12H2,1H3,(H,24,25,26). The van der Waals surface area contributed by atoms with Crippen LogP contribution < -0.4 is 5.32 Å². The lowest BCUT2D eigenvalue weighted by Crippen LogP contribution is -2.52. The summed E-state index contributed by atoms with van der Waals surface area (Å²) < 4.78 is 14.5. The van der Waals surface area contributed by atoms with Crippen molar-refractivity contribution in [3.8, 4) is 17.0 Å². The second-order valence-corrected chi connectivity index (χ2v) is 7.90. The van der Waals surface area contributed by atoms with E-state index in [0.29, 0.717) is 16.9 Å². The molecule has 0 amide bonds. The number of aromatic amines is 1. The molecule has 0 radical (unpaired) electrons. The molecule has 3 aromatic rings. The number of phenolic OH excluding ortho intramolecular Hbond substituents is 1. The third kappa shape index (κ3) is 2.86. The number of benzene rings is 1. The van der Waals surface area contributed by atoms with Crippen molar-refractivity contribution in [2.24, 2.45) is 0 Å². The number of aromatic nitrogens is 3. The Labute approximate surface area is 162 Å². The first-order valence-corrected chi connectivity index (χ1v) is 9.91. The number of rotatable bonds is 4. The summed E-state index contributed by atoms with van der Waals surface area (Å²) in [4.78, 5) is 7.20.